The number of benzene rings is 1. The highest BCUT2D eigenvalue weighted by molar-refractivity contribution is 6.22. The Bertz CT molecular complexity index is 712. The number of imide groups is 1. The van der Waals surface area contributed by atoms with E-state index in [1.54, 1.807) is 18.2 Å². The molecular weight excluding hydrogens is 336 g/mol. The van der Waals surface area contributed by atoms with Gasteiger partial charge in [0, 0.05) is 13.5 Å². The van der Waals surface area contributed by atoms with E-state index < -0.39 is 17.9 Å². The number of aldehydes is 1. The number of amides is 3. The van der Waals surface area contributed by atoms with Crippen molar-refractivity contribution in [2.24, 2.45) is 0 Å². The predicted octanol–water partition coefficient (Wildman–Crippen LogP) is 1.41. The molecule has 1 aromatic carbocycles. The summed E-state index contributed by atoms with van der Waals surface area (Å²) in [5, 5.41) is 11.2. The third kappa shape index (κ3) is 4.64. The predicted molar refractivity (Wildman–Crippen MR) is 97.6 cm³/mol. The average molecular weight is 360 g/mol. The van der Waals surface area contributed by atoms with Gasteiger partial charge in [-0.3, -0.25) is 19.3 Å². The van der Waals surface area contributed by atoms with Gasteiger partial charge >= 0.3 is 0 Å². The zero-order valence-electron chi connectivity index (χ0n) is 15.2. The van der Waals surface area contributed by atoms with Crippen LogP contribution in [-0.2, 0) is 9.59 Å². The van der Waals surface area contributed by atoms with Crippen LogP contribution in [0.1, 0.15) is 53.0 Å². The molecule has 1 aromatic rings. The average Bonchev–Trinajstić information content (AvgIpc) is 2.93. The number of carbonyl (C=O) groups is 4. The van der Waals surface area contributed by atoms with Crippen LogP contribution in [-0.4, -0.2) is 53.7 Å². The molecule has 1 atom stereocenters. The minimum Gasteiger partial charge on any atom is -0.392 e. The molecule has 0 spiro atoms. The molecule has 7 nitrogen and oxygen atoms in total. The van der Waals surface area contributed by atoms with Crippen molar-refractivity contribution in [2.45, 2.75) is 32.7 Å². The van der Waals surface area contributed by atoms with Crippen molar-refractivity contribution in [3.63, 3.8) is 0 Å². The van der Waals surface area contributed by atoms with E-state index >= 15 is 0 Å². The molecule has 0 aromatic heterocycles. The van der Waals surface area contributed by atoms with Crippen molar-refractivity contribution in [1.82, 2.24) is 10.2 Å². The Morgan fingerprint density at radius 1 is 1.23 bits per heavy atom. The smallest absolute Gasteiger partial charge is 0.262 e. The first-order valence-corrected chi connectivity index (χ1v) is 8.48. The number of fused-ring (bicyclic) bond motifs is 1. The fourth-order valence-electron chi connectivity index (χ4n) is 2.53. The summed E-state index contributed by atoms with van der Waals surface area (Å²) in [6.45, 7) is 3.86. The standard InChI is InChI=1S/C17H18N2O5.C2H6/c1-18-15(22)7-5-12(10-21)19-16(23)13-6-4-11(3-2-8-20)9-14(13)17(19)24;1-2/h2-4,6,9-10,12,20H,5,7-8H2,1H3,(H,18,22);1-2H3/b3-2+;. The Labute approximate surface area is 152 Å². The highest BCUT2D eigenvalue weighted by Gasteiger charge is 2.39. The number of hydrogen-bond acceptors (Lipinski definition) is 5. The Morgan fingerprint density at radius 2 is 1.88 bits per heavy atom. The molecule has 3 amide bonds. The number of aliphatic hydroxyl groups is 1. The van der Waals surface area contributed by atoms with Gasteiger partial charge in [-0.2, -0.15) is 0 Å². The molecular formula is C19H24N2O5. The first kappa shape index (κ1) is 21.2. The van der Waals surface area contributed by atoms with Crippen molar-refractivity contribution in [1.29, 1.82) is 0 Å². The number of carbonyl (C=O) groups excluding carboxylic acids is 4. The van der Waals surface area contributed by atoms with E-state index in [2.05, 4.69) is 5.32 Å². The molecule has 2 N–H and O–H groups in total. The van der Waals surface area contributed by atoms with E-state index in [1.807, 2.05) is 13.8 Å². The zero-order chi connectivity index (χ0) is 19.7. The molecule has 1 unspecified atom stereocenters. The third-order valence-corrected chi connectivity index (χ3v) is 3.79. The van der Waals surface area contributed by atoms with Gasteiger partial charge in [0.05, 0.1) is 23.8 Å². The number of rotatable bonds is 7. The fraction of sp³-hybridized carbons (Fsp3) is 0.368. The van der Waals surface area contributed by atoms with E-state index in [1.165, 1.54) is 19.2 Å². The highest BCUT2D eigenvalue weighted by Crippen LogP contribution is 2.27. The molecule has 7 heteroatoms. The molecule has 0 radical (unpaired) electrons. The maximum Gasteiger partial charge on any atom is 0.262 e. The van der Waals surface area contributed by atoms with Gasteiger partial charge in [-0.25, -0.2) is 0 Å². The summed E-state index contributed by atoms with van der Waals surface area (Å²) in [5.74, 6) is -1.36. The second kappa shape index (κ2) is 10.2. The number of nitrogens with zero attached hydrogens (tertiary/aromatic N) is 1. The quantitative estimate of drug-likeness (QED) is 0.565. The zero-order valence-corrected chi connectivity index (χ0v) is 15.2. The van der Waals surface area contributed by atoms with Crippen LogP contribution in [0.2, 0.25) is 0 Å². The second-order valence-electron chi connectivity index (χ2n) is 5.29. The van der Waals surface area contributed by atoms with Gasteiger partial charge in [-0.15, -0.1) is 0 Å². The second-order valence-corrected chi connectivity index (χ2v) is 5.29. The first-order chi connectivity index (χ1) is 12.5. The maximum atomic E-state index is 12.5. The van der Waals surface area contributed by atoms with Crippen LogP contribution >= 0.6 is 0 Å². The SMILES string of the molecule is CC.CNC(=O)CCC(C=O)N1C(=O)c2ccc(/C=C/CO)cc2C1=O. The maximum absolute atomic E-state index is 12.5. The largest absolute Gasteiger partial charge is 0.392 e. The summed E-state index contributed by atoms with van der Waals surface area (Å²) < 4.78 is 0. The van der Waals surface area contributed by atoms with Crippen LogP contribution in [0.5, 0.6) is 0 Å². The number of nitrogens with one attached hydrogen (secondary N) is 1. The Hall–Kier alpha value is -2.80. The Morgan fingerprint density at radius 3 is 2.46 bits per heavy atom. The Balaban J connectivity index is 0.00000163. The van der Waals surface area contributed by atoms with E-state index in [4.69, 9.17) is 5.11 Å². The number of aliphatic hydroxyl groups excluding tert-OH is 1. The van der Waals surface area contributed by atoms with Crippen molar-refractivity contribution in [3.05, 3.63) is 41.0 Å². The molecule has 0 saturated heterocycles. The molecule has 26 heavy (non-hydrogen) atoms. The van der Waals surface area contributed by atoms with Crippen molar-refractivity contribution < 1.29 is 24.3 Å². The minimum atomic E-state index is -0.980. The molecule has 0 fully saturated rings. The van der Waals surface area contributed by atoms with E-state index in [9.17, 15) is 19.2 Å². The molecule has 0 bridgehead atoms. The molecule has 2 rings (SSSR count). The lowest BCUT2D eigenvalue weighted by Gasteiger charge is -2.20. The fourth-order valence-corrected chi connectivity index (χ4v) is 2.53. The van der Waals surface area contributed by atoms with Crippen LogP contribution in [0.15, 0.2) is 24.3 Å². The molecule has 1 heterocycles. The lowest BCUT2D eigenvalue weighted by atomic mass is 10.1. The van der Waals surface area contributed by atoms with Crippen LogP contribution < -0.4 is 5.32 Å². The summed E-state index contributed by atoms with van der Waals surface area (Å²) >= 11 is 0. The van der Waals surface area contributed by atoms with Crippen molar-refractivity contribution >= 4 is 30.1 Å². The molecule has 140 valence electrons. The molecule has 1 aliphatic rings. The first-order valence-electron chi connectivity index (χ1n) is 8.48. The molecule has 1 aliphatic heterocycles. The van der Waals surface area contributed by atoms with Crippen molar-refractivity contribution in [3.8, 4) is 0 Å². The summed E-state index contributed by atoms with van der Waals surface area (Å²) in [7, 11) is 1.47. The summed E-state index contributed by atoms with van der Waals surface area (Å²) in [5.41, 5.74) is 1.11. The van der Waals surface area contributed by atoms with E-state index in [0.29, 0.717) is 11.8 Å². The molecule has 0 saturated carbocycles. The topological polar surface area (TPSA) is 104 Å². The molecule has 0 aliphatic carbocycles. The lowest BCUT2D eigenvalue weighted by molar-refractivity contribution is -0.121. The third-order valence-electron chi connectivity index (χ3n) is 3.79. The number of hydrogen-bond donors (Lipinski definition) is 2. The van der Waals surface area contributed by atoms with Gasteiger partial charge in [-0.1, -0.05) is 32.1 Å². The van der Waals surface area contributed by atoms with E-state index in [0.717, 1.165) is 4.90 Å². The van der Waals surface area contributed by atoms with Gasteiger partial charge in [0.1, 0.15) is 6.29 Å². The van der Waals surface area contributed by atoms with Gasteiger partial charge in [0.15, 0.2) is 0 Å². The van der Waals surface area contributed by atoms with Crippen LogP contribution in [0.4, 0.5) is 0 Å². The summed E-state index contributed by atoms with van der Waals surface area (Å²) in [6.07, 6.45) is 3.77. The monoisotopic (exact) mass is 360 g/mol. The normalized spacial score (nSPS) is 13.9. The van der Waals surface area contributed by atoms with Gasteiger partial charge in [-0.05, 0) is 24.1 Å². The van der Waals surface area contributed by atoms with Gasteiger partial charge < -0.3 is 15.2 Å². The van der Waals surface area contributed by atoms with Crippen LogP contribution in [0.25, 0.3) is 6.08 Å². The van der Waals surface area contributed by atoms with E-state index in [-0.39, 0.29) is 36.5 Å². The van der Waals surface area contributed by atoms with Crippen molar-refractivity contribution in [2.75, 3.05) is 13.7 Å². The Kier molecular flexibility index (Phi) is 8.37. The summed E-state index contributed by atoms with van der Waals surface area (Å²) in [4.78, 5) is 48.5. The van der Waals surface area contributed by atoms with Gasteiger partial charge in [0.2, 0.25) is 5.91 Å². The van der Waals surface area contributed by atoms with Gasteiger partial charge in [0.25, 0.3) is 11.8 Å². The van der Waals surface area contributed by atoms with Crippen LogP contribution in [0, 0.1) is 0 Å². The highest BCUT2D eigenvalue weighted by atomic mass is 16.2. The summed E-state index contributed by atoms with van der Waals surface area (Å²) in [6, 6.07) is 3.74. The lowest BCUT2D eigenvalue weighted by Crippen LogP contribution is -2.41. The minimum absolute atomic E-state index is 0.0395. The van der Waals surface area contributed by atoms with Crippen LogP contribution in [0.3, 0.4) is 0 Å².